The first kappa shape index (κ1) is 13.4. The summed E-state index contributed by atoms with van der Waals surface area (Å²) in [5, 5.41) is -0.222. The van der Waals surface area contributed by atoms with Crippen molar-refractivity contribution in [2.45, 2.75) is 4.90 Å². The number of hydrogen-bond acceptors (Lipinski definition) is 5. The minimum Gasteiger partial charge on any atom is -0.282 e. The monoisotopic (exact) mass is 290 g/mol. The third kappa shape index (κ3) is 3.47. The van der Waals surface area contributed by atoms with E-state index in [4.69, 9.17) is 4.55 Å². The Morgan fingerprint density at radius 3 is 2.37 bits per heavy atom. The molecule has 1 aromatic rings. The standard InChI is InChI=1S/C9H8F2N4O3S/c10-8-5-9(14-15(11)13-8)12-6-1-3-7(4-2-6)19(16,17)18/h1-5,13H,(H,12,14)(H,16,17,18). The summed E-state index contributed by atoms with van der Waals surface area (Å²) in [5.41, 5.74) is 3.99. The van der Waals surface area contributed by atoms with Crippen LogP contribution in [0.25, 0.3) is 0 Å². The number of amidine groups is 1. The van der Waals surface area contributed by atoms with Crippen LogP contribution in [0.5, 0.6) is 0 Å². The summed E-state index contributed by atoms with van der Waals surface area (Å²) in [6, 6.07) is 4.77. The molecule has 1 aliphatic heterocycles. The van der Waals surface area contributed by atoms with Crippen LogP contribution in [0.3, 0.4) is 0 Å². The van der Waals surface area contributed by atoms with Crippen molar-refractivity contribution >= 4 is 21.6 Å². The number of nitrogens with zero attached hydrogens (tertiary/aromatic N) is 2. The second-order valence-corrected chi connectivity index (χ2v) is 4.88. The molecule has 0 unspecified atom stereocenters. The lowest BCUT2D eigenvalue weighted by Crippen LogP contribution is -2.47. The third-order valence-electron chi connectivity index (χ3n) is 2.07. The highest BCUT2D eigenvalue weighted by atomic mass is 32.2. The van der Waals surface area contributed by atoms with Crippen molar-refractivity contribution in [2.24, 2.45) is 4.99 Å². The fraction of sp³-hybridized carbons (Fsp3) is 0. The smallest absolute Gasteiger partial charge is 0.282 e. The highest BCUT2D eigenvalue weighted by Gasteiger charge is 2.14. The molecule has 0 aliphatic carbocycles. The van der Waals surface area contributed by atoms with Gasteiger partial charge < -0.3 is 0 Å². The van der Waals surface area contributed by atoms with Gasteiger partial charge in [-0.25, -0.2) is 10.4 Å². The minimum absolute atomic E-state index is 0.127. The molecule has 0 fully saturated rings. The van der Waals surface area contributed by atoms with Crippen LogP contribution >= 0.6 is 0 Å². The summed E-state index contributed by atoms with van der Waals surface area (Å²) in [7, 11) is -4.28. The molecule has 0 radical (unpaired) electrons. The number of hydrazine groups is 2. The highest BCUT2D eigenvalue weighted by molar-refractivity contribution is 7.85. The van der Waals surface area contributed by atoms with Crippen LogP contribution in [0.1, 0.15) is 0 Å². The van der Waals surface area contributed by atoms with Crippen LogP contribution < -0.4 is 10.9 Å². The van der Waals surface area contributed by atoms with Crippen molar-refractivity contribution < 1.29 is 21.8 Å². The molecule has 1 heterocycles. The lowest BCUT2D eigenvalue weighted by Gasteiger charge is -2.19. The van der Waals surface area contributed by atoms with Gasteiger partial charge in [0.15, 0.2) is 0 Å². The normalized spacial score (nSPS) is 18.7. The largest absolute Gasteiger partial charge is 0.294 e. The van der Waals surface area contributed by atoms with E-state index in [9.17, 15) is 17.3 Å². The van der Waals surface area contributed by atoms with Crippen molar-refractivity contribution in [2.75, 3.05) is 0 Å². The number of rotatable bonds is 2. The lowest BCUT2D eigenvalue weighted by atomic mass is 10.3. The molecule has 19 heavy (non-hydrogen) atoms. The molecule has 10 heteroatoms. The molecular formula is C9H8F2N4O3S. The van der Waals surface area contributed by atoms with Gasteiger partial charge in [0.1, 0.15) is 5.84 Å². The zero-order valence-electron chi connectivity index (χ0n) is 9.21. The van der Waals surface area contributed by atoms with E-state index in [0.29, 0.717) is 0 Å². The molecular weight excluding hydrogens is 282 g/mol. The van der Waals surface area contributed by atoms with E-state index in [-0.39, 0.29) is 21.8 Å². The van der Waals surface area contributed by atoms with E-state index >= 15 is 0 Å². The molecule has 0 atom stereocenters. The van der Waals surface area contributed by atoms with E-state index in [1.807, 2.05) is 0 Å². The highest BCUT2D eigenvalue weighted by Crippen LogP contribution is 2.17. The van der Waals surface area contributed by atoms with Crippen LogP contribution in [0, 0.1) is 0 Å². The van der Waals surface area contributed by atoms with Gasteiger partial charge in [-0.1, -0.05) is 4.48 Å². The number of hydrogen-bond donors (Lipinski definition) is 3. The molecule has 0 aromatic heterocycles. The van der Waals surface area contributed by atoms with Crippen LogP contribution in [0.15, 0.2) is 46.2 Å². The average molecular weight is 290 g/mol. The maximum Gasteiger partial charge on any atom is 0.294 e. The number of benzene rings is 1. The van der Waals surface area contributed by atoms with Crippen molar-refractivity contribution in [3.63, 3.8) is 0 Å². The maximum absolute atomic E-state index is 12.8. The quantitative estimate of drug-likeness (QED) is 0.427. The first-order valence-corrected chi connectivity index (χ1v) is 6.31. The molecule has 102 valence electrons. The Morgan fingerprint density at radius 1 is 1.21 bits per heavy atom. The molecule has 1 aliphatic rings. The van der Waals surface area contributed by atoms with Crippen LogP contribution in [0.4, 0.5) is 14.6 Å². The summed E-state index contributed by atoms with van der Waals surface area (Å²) in [6.07, 6.45) is 0.910. The summed E-state index contributed by atoms with van der Waals surface area (Å²) < 4.78 is 56.0. The Balaban J connectivity index is 2.27. The molecule has 0 saturated carbocycles. The van der Waals surface area contributed by atoms with Crippen molar-refractivity contribution in [1.29, 1.82) is 0 Å². The van der Waals surface area contributed by atoms with Crippen molar-refractivity contribution in [3.8, 4) is 0 Å². The van der Waals surface area contributed by atoms with Crippen LogP contribution in [-0.4, -0.2) is 24.1 Å². The summed E-state index contributed by atoms with van der Waals surface area (Å²) in [6.45, 7) is 0. The summed E-state index contributed by atoms with van der Waals surface area (Å²) in [5.74, 6) is -1.08. The third-order valence-corrected chi connectivity index (χ3v) is 2.93. The average Bonchev–Trinajstić information content (AvgIpc) is 2.26. The number of aliphatic imine (C=N–C) groups is 1. The Morgan fingerprint density at radius 2 is 1.84 bits per heavy atom. The zero-order valence-corrected chi connectivity index (χ0v) is 10.0. The summed E-state index contributed by atoms with van der Waals surface area (Å²) in [4.78, 5) is 3.53. The SMILES string of the molecule is O=S(=O)(O)c1ccc(N=C2C=C(F)NN(F)N2)cc1. The predicted octanol–water partition coefficient (Wildman–Crippen LogP) is 0.984. The molecule has 0 saturated heterocycles. The van der Waals surface area contributed by atoms with Gasteiger partial charge in [0.05, 0.1) is 10.6 Å². The van der Waals surface area contributed by atoms with Gasteiger partial charge in [-0.05, 0) is 24.3 Å². The molecule has 1 aromatic carbocycles. The van der Waals surface area contributed by atoms with Crippen molar-refractivity contribution in [1.82, 2.24) is 16.2 Å². The molecule has 0 spiro atoms. The first-order chi connectivity index (χ1) is 8.84. The Hall–Kier alpha value is -2.04. The Labute approximate surface area is 106 Å². The molecule has 7 nitrogen and oxygen atoms in total. The van der Waals surface area contributed by atoms with E-state index in [1.165, 1.54) is 12.1 Å². The lowest BCUT2D eigenvalue weighted by molar-refractivity contribution is -0.0612. The Kier molecular flexibility index (Phi) is 3.46. The zero-order chi connectivity index (χ0) is 14.0. The van der Waals surface area contributed by atoms with Crippen molar-refractivity contribution in [3.05, 3.63) is 36.3 Å². The van der Waals surface area contributed by atoms with Gasteiger partial charge in [0.2, 0.25) is 5.95 Å². The molecule has 0 bridgehead atoms. The topological polar surface area (TPSA) is 94.0 Å². The van der Waals surface area contributed by atoms with E-state index in [1.54, 1.807) is 5.43 Å². The summed E-state index contributed by atoms with van der Waals surface area (Å²) >= 11 is 0. The maximum atomic E-state index is 12.8. The number of halogens is 2. The van der Waals surface area contributed by atoms with Crippen LogP contribution in [-0.2, 0) is 10.1 Å². The van der Waals surface area contributed by atoms with Gasteiger partial charge in [0.25, 0.3) is 10.1 Å². The fourth-order valence-electron chi connectivity index (χ4n) is 1.30. The minimum atomic E-state index is -4.28. The van der Waals surface area contributed by atoms with E-state index < -0.39 is 16.1 Å². The first-order valence-electron chi connectivity index (χ1n) is 4.87. The second-order valence-electron chi connectivity index (χ2n) is 3.46. The molecule has 0 amide bonds. The van der Waals surface area contributed by atoms with Gasteiger partial charge in [-0.3, -0.25) is 9.98 Å². The van der Waals surface area contributed by atoms with E-state index in [2.05, 4.69) is 10.4 Å². The second kappa shape index (κ2) is 4.91. The fourth-order valence-corrected chi connectivity index (χ4v) is 1.78. The van der Waals surface area contributed by atoms with Gasteiger partial charge in [0, 0.05) is 11.4 Å². The molecule has 2 rings (SSSR count). The van der Waals surface area contributed by atoms with Gasteiger partial charge >= 0.3 is 0 Å². The van der Waals surface area contributed by atoms with Crippen LogP contribution in [0.2, 0.25) is 0 Å². The van der Waals surface area contributed by atoms with E-state index in [0.717, 1.165) is 18.2 Å². The van der Waals surface area contributed by atoms with Gasteiger partial charge in [-0.15, -0.1) is 0 Å². The molecule has 3 N–H and O–H groups in total. The number of nitrogens with one attached hydrogen (secondary N) is 2. The van der Waals surface area contributed by atoms with Gasteiger partial charge in [-0.2, -0.15) is 12.8 Å². The Bertz CT molecular complexity index is 642. The predicted molar refractivity (Wildman–Crippen MR) is 61.8 cm³/mol.